The zero-order valence-electron chi connectivity index (χ0n) is 11.9. The van der Waals surface area contributed by atoms with Crippen molar-refractivity contribution in [2.24, 2.45) is 10.4 Å². The van der Waals surface area contributed by atoms with Crippen LogP contribution in [-0.2, 0) is 6.54 Å². The smallest absolute Gasteiger partial charge is 0.193 e. The van der Waals surface area contributed by atoms with Gasteiger partial charge < -0.3 is 10.2 Å². The predicted molar refractivity (Wildman–Crippen MR) is 81.9 cm³/mol. The zero-order valence-corrected chi connectivity index (χ0v) is 12.7. The standard InChI is InChI=1S/C15H21ClN4/c1-17-14(19-10-12-3-4-13(16)18-9-12)20-8-7-15(11-20)5-2-6-15/h3-4,9H,2,5-8,10-11H2,1H3,(H,17,19). The molecule has 5 heteroatoms. The van der Waals surface area contributed by atoms with Crippen LogP contribution >= 0.6 is 11.6 Å². The Morgan fingerprint density at radius 1 is 1.45 bits per heavy atom. The molecule has 0 atom stereocenters. The molecule has 3 rings (SSSR count). The molecule has 0 aromatic carbocycles. The fourth-order valence-corrected chi connectivity index (χ4v) is 3.34. The first kappa shape index (κ1) is 13.7. The molecule has 0 bridgehead atoms. The van der Waals surface area contributed by atoms with Crippen LogP contribution in [0.3, 0.4) is 0 Å². The summed E-state index contributed by atoms with van der Waals surface area (Å²) >= 11 is 5.80. The fraction of sp³-hybridized carbons (Fsp3) is 0.600. The molecular formula is C15H21ClN4. The van der Waals surface area contributed by atoms with Crippen molar-refractivity contribution in [1.82, 2.24) is 15.2 Å². The van der Waals surface area contributed by atoms with Crippen molar-refractivity contribution in [3.8, 4) is 0 Å². The molecule has 2 aliphatic rings. The van der Waals surface area contributed by atoms with Crippen molar-refractivity contribution in [2.45, 2.75) is 32.2 Å². The fourth-order valence-electron chi connectivity index (χ4n) is 3.23. The van der Waals surface area contributed by atoms with E-state index in [-0.39, 0.29) is 0 Å². The van der Waals surface area contributed by atoms with Crippen LogP contribution in [0.2, 0.25) is 5.15 Å². The topological polar surface area (TPSA) is 40.5 Å². The minimum atomic E-state index is 0.532. The molecule has 0 radical (unpaired) electrons. The number of guanidine groups is 1. The van der Waals surface area contributed by atoms with Gasteiger partial charge in [-0.1, -0.05) is 24.1 Å². The number of nitrogens with zero attached hydrogens (tertiary/aromatic N) is 3. The van der Waals surface area contributed by atoms with Crippen LogP contribution < -0.4 is 5.32 Å². The quantitative estimate of drug-likeness (QED) is 0.518. The van der Waals surface area contributed by atoms with E-state index in [1.165, 1.54) is 25.7 Å². The third-order valence-corrected chi connectivity index (χ3v) is 4.83. The first-order valence-electron chi connectivity index (χ1n) is 7.27. The molecule has 1 aliphatic carbocycles. The third-order valence-electron chi connectivity index (χ3n) is 4.60. The predicted octanol–water partition coefficient (Wildman–Crippen LogP) is 2.69. The van der Waals surface area contributed by atoms with Crippen molar-refractivity contribution < 1.29 is 0 Å². The summed E-state index contributed by atoms with van der Waals surface area (Å²) in [7, 11) is 1.86. The van der Waals surface area contributed by atoms with Gasteiger partial charge in [0, 0.05) is 32.9 Å². The van der Waals surface area contributed by atoms with Gasteiger partial charge in [0.1, 0.15) is 5.15 Å². The van der Waals surface area contributed by atoms with Crippen molar-refractivity contribution in [1.29, 1.82) is 0 Å². The van der Waals surface area contributed by atoms with Crippen LogP contribution in [0.5, 0.6) is 0 Å². The highest BCUT2D eigenvalue weighted by atomic mass is 35.5. The molecule has 2 fully saturated rings. The van der Waals surface area contributed by atoms with Crippen LogP contribution in [0, 0.1) is 5.41 Å². The van der Waals surface area contributed by atoms with Gasteiger partial charge in [-0.3, -0.25) is 4.99 Å². The molecule has 1 saturated heterocycles. The molecule has 20 heavy (non-hydrogen) atoms. The van der Waals surface area contributed by atoms with Gasteiger partial charge in [-0.05, 0) is 36.3 Å². The number of hydrogen-bond acceptors (Lipinski definition) is 2. The number of nitrogens with one attached hydrogen (secondary N) is 1. The van der Waals surface area contributed by atoms with Gasteiger partial charge in [0.2, 0.25) is 0 Å². The Kier molecular flexibility index (Phi) is 3.83. The number of aliphatic imine (C=N–C) groups is 1. The van der Waals surface area contributed by atoms with Crippen LogP contribution in [0.1, 0.15) is 31.2 Å². The van der Waals surface area contributed by atoms with E-state index in [0.29, 0.717) is 10.6 Å². The highest BCUT2D eigenvalue weighted by molar-refractivity contribution is 6.29. The third kappa shape index (κ3) is 2.75. The molecule has 4 nitrogen and oxygen atoms in total. The Hall–Kier alpha value is -1.29. The van der Waals surface area contributed by atoms with E-state index in [2.05, 4.69) is 20.2 Å². The largest absolute Gasteiger partial charge is 0.352 e. The van der Waals surface area contributed by atoms with E-state index >= 15 is 0 Å². The Balaban J connectivity index is 1.56. The summed E-state index contributed by atoms with van der Waals surface area (Å²) in [5.74, 6) is 1.00. The van der Waals surface area contributed by atoms with Gasteiger partial charge in [-0.15, -0.1) is 0 Å². The Bertz CT molecular complexity index is 493. The second kappa shape index (κ2) is 5.60. The molecule has 0 amide bonds. The molecule has 1 aliphatic heterocycles. The lowest BCUT2D eigenvalue weighted by Crippen LogP contribution is -2.42. The van der Waals surface area contributed by atoms with E-state index in [4.69, 9.17) is 11.6 Å². The molecule has 1 aromatic heterocycles. The van der Waals surface area contributed by atoms with Crippen LogP contribution in [-0.4, -0.2) is 36.0 Å². The van der Waals surface area contributed by atoms with Gasteiger partial charge in [0.15, 0.2) is 5.96 Å². The monoisotopic (exact) mass is 292 g/mol. The number of pyridine rings is 1. The lowest BCUT2D eigenvalue weighted by Gasteiger charge is -2.38. The maximum Gasteiger partial charge on any atom is 0.193 e. The van der Waals surface area contributed by atoms with E-state index < -0.39 is 0 Å². The zero-order chi connectivity index (χ0) is 14.0. The minimum Gasteiger partial charge on any atom is -0.352 e. The van der Waals surface area contributed by atoms with Crippen LogP contribution in [0.25, 0.3) is 0 Å². The molecule has 1 saturated carbocycles. The van der Waals surface area contributed by atoms with Crippen molar-refractivity contribution in [2.75, 3.05) is 20.1 Å². The molecular weight excluding hydrogens is 272 g/mol. The summed E-state index contributed by atoms with van der Waals surface area (Å²) in [4.78, 5) is 10.9. The SMILES string of the molecule is CN=C(NCc1ccc(Cl)nc1)N1CCC2(CCC2)C1. The van der Waals surface area contributed by atoms with Crippen molar-refractivity contribution >= 4 is 17.6 Å². The van der Waals surface area contributed by atoms with E-state index in [1.807, 2.05) is 19.2 Å². The molecule has 1 spiro atoms. The van der Waals surface area contributed by atoms with Gasteiger partial charge >= 0.3 is 0 Å². The number of halogens is 1. The lowest BCUT2D eigenvalue weighted by atomic mass is 9.68. The summed E-state index contributed by atoms with van der Waals surface area (Å²) in [6.07, 6.45) is 7.30. The highest BCUT2D eigenvalue weighted by Gasteiger charge is 2.43. The summed E-state index contributed by atoms with van der Waals surface area (Å²) in [6.45, 7) is 3.02. The van der Waals surface area contributed by atoms with Gasteiger partial charge in [-0.25, -0.2) is 4.98 Å². The number of likely N-dealkylation sites (tertiary alicyclic amines) is 1. The molecule has 2 heterocycles. The minimum absolute atomic E-state index is 0.532. The Morgan fingerprint density at radius 2 is 2.30 bits per heavy atom. The highest BCUT2D eigenvalue weighted by Crippen LogP contribution is 2.47. The molecule has 1 aromatic rings. The van der Waals surface area contributed by atoms with Crippen LogP contribution in [0.15, 0.2) is 23.3 Å². The average Bonchev–Trinajstić information content (AvgIpc) is 2.87. The van der Waals surface area contributed by atoms with Gasteiger partial charge in [-0.2, -0.15) is 0 Å². The molecule has 0 unspecified atom stereocenters. The number of hydrogen-bond donors (Lipinski definition) is 1. The Morgan fingerprint density at radius 3 is 2.85 bits per heavy atom. The van der Waals surface area contributed by atoms with Gasteiger partial charge in [0.25, 0.3) is 0 Å². The summed E-state index contributed by atoms with van der Waals surface area (Å²) in [6, 6.07) is 3.81. The molecule has 1 N–H and O–H groups in total. The number of rotatable bonds is 2. The summed E-state index contributed by atoms with van der Waals surface area (Å²) in [5.41, 5.74) is 1.72. The normalized spacial score (nSPS) is 21.1. The van der Waals surface area contributed by atoms with E-state index in [9.17, 15) is 0 Å². The number of aromatic nitrogens is 1. The van der Waals surface area contributed by atoms with Crippen molar-refractivity contribution in [3.63, 3.8) is 0 Å². The first-order valence-corrected chi connectivity index (χ1v) is 7.65. The van der Waals surface area contributed by atoms with Crippen molar-refractivity contribution in [3.05, 3.63) is 29.0 Å². The lowest BCUT2D eigenvalue weighted by molar-refractivity contribution is 0.151. The average molecular weight is 293 g/mol. The Labute approximate surface area is 125 Å². The maximum absolute atomic E-state index is 5.80. The second-order valence-electron chi connectivity index (χ2n) is 5.92. The van der Waals surface area contributed by atoms with E-state index in [1.54, 1.807) is 6.20 Å². The summed E-state index contributed by atoms with van der Waals surface area (Å²) < 4.78 is 0. The van der Waals surface area contributed by atoms with Gasteiger partial charge in [0.05, 0.1) is 0 Å². The van der Waals surface area contributed by atoms with Crippen LogP contribution in [0.4, 0.5) is 0 Å². The van der Waals surface area contributed by atoms with E-state index in [0.717, 1.165) is 31.2 Å². The first-order chi connectivity index (χ1) is 9.71. The molecule has 108 valence electrons. The summed E-state index contributed by atoms with van der Waals surface area (Å²) in [5, 5.41) is 3.96. The maximum atomic E-state index is 5.80. The second-order valence-corrected chi connectivity index (χ2v) is 6.30.